The van der Waals surface area contributed by atoms with E-state index in [1.165, 1.54) is 11.9 Å². The molecule has 0 aliphatic carbocycles. The predicted octanol–water partition coefficient (Wildman–Crippen LogP) is 1.09. The molecule has 0 heterocycles. The number of hydrogen-bond acceptors (Lipinski definition) is 3. The lowest BCUT2D eigenvalue weighted by Gasteiger charge is -2.22. The lowest BCUT2D eigenvalue weighted by Crippen LogP contribution is -2.37. The van der Waals surface area contributed by atoms with Crippen LogP contribution in [0.2, 0.25) is 0 Å². The van der Waals surface area contributed by atoms with Crippen LogP contribution in [-0.2, 0) is 4.79 Å². The van der Waals surface area contributed by atoms with Crippen molar-refractivity contribution in [3.05, 3.63) is 35.9 Å². The second kappa shape index (κ2) is 5.29. The third kappa shape index (κ3) is 2.59. The van der Waals surface area contributed by atoms with Crippen LogP contribution in [0, 0.1) is 11.3 Å². The first-order valence-electron chi connectivity index (χ1n) is 4.97. The molecule has 2 atom stereocenters. The van der Waals surface area contributed by atoms with Gasteiger partial charge < -0.3 is 10.0 Å². The van der Waals surface area contributed by atoms with Crippen molar-refractivity contribution in [2.45, 2.75) is 19.1 Å². The van der Waals surface area contributed by atoms with Crippen LogP contribution >= 0.6 is 0 Å². The Kier molecular flexibility index (Phi) is 4.03. The van der Waals surface area contributed by atoms with Gasteiger partial charge in [0.15, 0.2) is 6.10 Å². The Labute approximate surface area is 94.7 Å². The third-order valence-electron chi connectivity index (χ3n) is 2.46. The van der Waals surface area contributed by atoms with Gasteiger partial charge >= 0.3 is 0 Å². The van der Waals surface area contributed by atoms with Gasteiger partial charge in [0, 0.05) is 7.05 Å². The van der Waals surface area contributed by atoms with Crippen molar-refractivity contribution in [1.29, 1.82) is 5.26 Å². The number of aliphatic hydroxyl groups is 1. The molecule has 0 aliphatic rings. The van der Waals surface area contributed by atoms with Gasteiger partial charge in [-0.3, -0.25) is 4.79 Å². The maximum atomic E-state index is 11.8. The Hall–Kier alpha value is -1.86. The lowest BCUT2D eigenvalue weighted by molar-refractivity contribution is -0.140. The molecule has 84 valence electrons. The highest BCUT2D eigenvalue weighted by atomic mass is 16.3. The zero-order valence-electron chi connectivity index (χ0n) is 9.29. The number of benzene rings is 1. The van der Waals surface area contributed by atoms with E-state index < -0.39 is 18.1 Å². The van der Waals surface area contributed by atoms with E-state index >= 15 is 0 Å². The van der Waals surface area contributed by atoms with Crippen molar-refractivity contribution in [2.75, 3.05) is 7.05 Å². The number of carbonyl (C=O) groups is 1. The second-order valence-corrected chi connectivity index (χ2v) is 3.57. The van der Waals surface area contributed by atoms with Crippen molar-refractivity contribution in [3.63, 3.8) is 0 Å². The molecule has 0 saturated heterocycles. The normalized spacial score (nSPS) is 13.6. The molecule has 0 fully saturated rings. The summed E-state index contributed by atoms with van der Waals surface area (Å²) in [4.78, 5) is 13.0. The summed E-state index contributed by atoms with van der Waals surface area (Å²) in [5.41, 5.74) is 0.532. The fourth-order valence-electron chi connectivity index (χ4n) is 1.25. The van der Waals surface area contributed by atoms with Crippen LogP contribution < -0.4 is 0 Å². The minimum Gasteiger partial charge on any atom is -0.378 e. The van der Waals surface area contributed by atoms with Gasteiger partial charge in [-0.2, -0.15) is 5.26 Å². The number of carbonyl (C=O) groups excluding carboxylic acids is 1. The molecule has 2 unspecified atom stereocenters. The highest BCUT2D eigenvalue weighted by molar-refractivity contribution is 5.82. The number of nitriles is 1. The minimum absolute atomic E-state index is 0.472. The van der Waals surface area contributed by atoms with Gasteiger partial charge in [0.1, 0.15) is 6.04 Å². The highest BCUT2D eigenvalue weighted by Crippen LogP contribution is 2.15. The fraction of sp³-hybridized carbons (Fsp3) is 0.333. The zero-order chi connectivity index (χ0) is 12.1. The molecule has 1 aromatic carbocycles. The standard InChI is InChI=1S/C12H14N2O2/c1-9(8-13)14(2)12(16)11(15)10-6-4-3-5-7-10/h3-7,9,11,15H,1-2H3. The Bertz CT molecular complexity index is 397. The van der Waals surface area contributed by atoms with Crippen molar-refractivity contribution >= 4 is 5.91 Å². The van der Waals surface area contributed by atoms with Crippen LogP contribution in [0.15, 0.2) is 30.3 Å². The topological polar surface area (TPSA) is 64.3 Å². The first kappa shape index (κ1) is 12.2. The molecule has 1 rings (SSSR count). The summed E-state index contributed by atoms with van der Waals surface area (Å²) in [6, 6.07) is 10.1. The summed E-state index contributed by atoms with van der Waals surface area (Å²) in [7, 11) is 1.50. The Morgan fingerprint density at radius 3 is 2.50 bits per heavy atom. The summed E-state index contributed by atoms with van der Waals surface area (Å²) in [6.45, 7) is 1.61. The van der Waals surface area contributed by atoms with E-state index in [2.05, 4.69) is 0 Å². The molecular weight excluding hydrogens is 204 g/mol. The van der Waals surface area contributed by atoms with Gasteiger partial charge in [-0.05, 0) is 12.5 Å². The number of hydrogen-bond donors (Lipinski definition) is 1. The van der Waals surface area contributed by atoms with Crippen molar-refractivity contribution in [3.8, 4) is 6.07 Å². The Balaban J connectivity index is 2.80. The number of amides is 1. The molecule has 0 saturated carbocycles. The average molecular weight is 218 g/mol. The van der Waals surface area contributed by atoms with Crippen LogP contribution in [0.3, 0.4) is 0 Å². The monoisotopic (exact) mass is 218 g/mol. The summed E-state index contributed by atoms with van der Waals surface area (Å²) >= 11 is 0. The first-order chi connectivity index (χ1) is 7.57. The molecule has 4 nitrogen and oxygen atoms in total. The van der Waals surface area contributed by atoms with E-state index in [0.717, 1.165) is 0 Å². The van der Waals surface area contributed by atoms with Crippen molar-refractivity contribution in [1.82, 2.24) is 4.90 Å². The predicted molar refractivity (Wildman–Crippen MR) is 59.2 cm³/mol. The average Bonchev–Trinajstić information content (AvgIpc) is 2.36. The number of likely N-dealkylation sites (N-methyl/N-ethyl adjacent to an activating group) is 1. The van der Waals surface area contributed by atoms with Crippen LogP contribution in [0.4, 0.5) is 0 Å². The number of nitrogens with zero attached hydrogens (tertiary/aromatic N) is 2. The summed E-state index contributed by atoms with van der Waals surface area (Å²) in [5, 5.41) is 18.5. The van der Waals surface area contributed by atoms with Crippen LogP contribution in [0.5, 0.6) is 0 Å². The van der Waals surface area contributed by atoms with E-state index in [0.29, 0.717) is 5.56 Å². The molecule has 0 aliphatic heterocycles. The molecule has 1 aromatic rings. The van der Waals surface area contributed by atoms with Gasteiger partial charge in [-0.15, -0.1) is 0 Å². The van der Waals surface area contributed by atoms with E-state index in [1.54, 1.807) is 31.2 Å². The maximum absolute atomic E-state index is 11.8. The third-order valence-corrected chi connectivity index (χ3v) is 2.46. The molecule has 0 radical (unpaired) electrons. The van der Waals surface area contributed by atoms with Gasteiger partial charge in [-0.1, -0.05) is 30.3 Å². The lowest BCUT2D eigenvalue weighted by atomic mass is 10.1. The van der Waals surface area contributed by atoms with Gasteiger partial charge in [0.05, 0.1) is 6.07 Å². The molecule has 4 heteroatoms. The SMILES string of the molecule is CC(C#N)N(C)C(=O)C(O)c1ccccc1. The molecule has 1 N–H and O–H groups in total. The quantitative estimate of drug-likeness (QED) is 0.826. The summed E-state index contributed by atoms with van der Waals surface area (Å²) in [6.07, 6.45) is -1.21. The van der Waals surface area contributed by atoms with E-state index in [9.17, 15) is 9.90 Å². The fourth-order valence-corrected chi connectivity index (χ4v) is 1.25. The Morgan fingerprint density at radius 2 is 2.00 bits per heavy atom. The minimum atomic E-state index is -1.21. The van der Waals surface area contributed by atoms with E-state index in [4.69, 9.17) is 5.26 Å². The summed E-state index contributed by atoms with van der Waals surface area (Å²) in [5.74, 6) is -0.472. The molecular formula is C12H14N2O2. The first-order valence-corrected chi connectivity index (χ1v) is 4.97. The van der Waals surface area contributed by atoms with Crippen LogP contribution in [-0.4, -0.2) is 29.0 Å². The molecule has 0 bridgehead atoms. The van der Waals surface area contributed by atoms with Crippen molar-refractivity contribution in [2.24, 2.45) is 0 Å². The molecule has 0 spiro atoms. The molecule has 16 heavy (non-hydrogen) atoms. The maximum Gasteiger partial charge on any atom is 0.256 e. The van der Waals surface area contributed by atoms with Crippen LogP contribution in [0.1, 0.15) is 18.6 Å². The smallest absolute Gasteiger partial charge is 0.256 e. The van der Waals surface area contributed by atoms with Gasteiger partial charge in [-0.25, -0.2) is 0 Å². The second-order valence-electron chi connectivity index (χ2n) is 3.57. The Morgan fingerprint density at radius 1 is 1.44 bits per heavy atom. The van der Waals surface area contributed by atoms with E-state index in [1.807, 2.05) is 12.1 Å². The summed E-state index contributed by atoms with van der Waals surface area (Å²) < 4.78 is 0. The van der Waals surface area contributed by atoms with Crippen molar-refractivity contribution < 1.29 is 9.90 Å². The van der Waals surface area contributed by atoms with Gasteiger partial charge in [0.2, 0.25) is 0 Å². The van der Waals surface area contributed by atoms with Gasteiger partial charge in [0.25, 0.3) is 5.91 Å². The largest absolute Gasteiger partial charge is 0.378 e. The number of aliphatic hydroxyl groups excluding tert-OH is 1. The van der Waals surface area contributed by atoms with Crippen LogP contribution in [0.25, 0.3) is 0 Å². The molecule has 0 aromatic heterocycles. The highest BCUT2D eigenvalue weighted by Gasteiger charge is 2.23. The van der Waals surface area contributed by atoms with E-state index in [-0.39, 0.29) is 0 Å². The zero-order valence-corrected chi connectivity index (χ0v) is 9.29. The molecule has 1 amide bonds. The number of rotatable bonds is 3.